The fraction of sp³-hybridized carbons (Fsp3) is 0.200. The van der Waals surface area contributed by atoms with Crippen LogP contribution in [0.25, 0.3) is 22.4 Å². The van der Waals surface area contributed by atoms with E-state index in [-0.39, 0.29) is 29.9 Å². The van der Waals surface area contributed by atoms with Gasteiger partial charge in [0, 0.05) is 35.0 Å². The average Bonchev–Trinajstić information content (AvgIpc) is 3.15. The number of ether oxygens (including phenoxy) is 2. The number of hydrogen-bond donors (Lipinski definition) is 2. The molecular formula is C20H20IN3O3S. The van der Waals surface area contributed by atoms with Gasteiger partial charge in [0.2, 0.25) is 5.91 Å². The summed E-state index contributed by atoms with van der Waals surface area (Å²) in [6.45, 7) is 1.50. The molecule has 0 aliphatic heterocycles. The normalized spacial score (nSPS) is 11.2. The summed E-state index contributed by atoms with van der Waals surface area (Å²) in [6, 6.07) is 9.78. The SMILES string of the molecule is COc1ccc(-c2cc3c(cc2NC(C)=O)Cc2sc(N)nc2-3)cc1OC.I. The van der Waals surface area contributed by atoms with Crippen molar-refractivity contribution in [1.82, 2.24) is 4.98 Å². The second kappa shape index (κ2) is 7.96. The van der Waals surface area contributed by atoms with Crippen molar-refractivity contribution in [3.63, 3.8) is 0 Å². The number of fused-ring (bicyclic) bond motifs is 3. The average molecular weight is 509 g/mol. The van der Waals surface area contributed by atoms with Gasteiger partial charge in [-0.25, -0.2) is 4.98 Å². The molecule has 2 aromatic carbocycles. The number of rotatable bonds is 4. The highest BCUT2D eigenvalue weighted by atomic mass is 127. The van der Waals surface area contributed by atoms with Gasteiger partial charge in [0.15, 0.2) is 16.6 Å². The fourth-order valence-electron chi connectivity index (χ4n) is 3.42. The number of thiazole rings is 1. The van der Waals surface area contributed by atoms with E-state index in [0.29, 0.717) is 16.6 Å². The molecule has 0 atom stereocenters. The number of hydrogen-bond acceptors (Lipinski definition) is 6. The third kappa shape index (κ3) is 3.53. The molecule has 3 aromatic rings. The minimum atomic E-state index is -0.119. The minimum absolute atomic E-state index is 0. The predicted molar refractivity (Wildman–Crippen MR) is 123 cm³/mol. The number of nitrogens with zero attached hydrogens (tertiary/aromatic N) is 1. The van der Waals surface area contributed by atoms with Gasteiger partial charge in [-0.3, -0.25) is 4.79 Å². The predicted octanol–water partition coefficient (Wildman–Crippen LogP) is 4.56. The van der Waals surface area contributed by atoms with Crippen LogP contribution >= 0.6 is 35.3 Å². The standard InChI is InChI=1S/C20H19N3O3S.HI/c1-10(24)22-15-6-12-8-18-19(23-20(21)27-18)14(12)9-13(15)11-4-5-16(25-2)17(7-11)26-3;/h4-7,9H,8H2,1-3H3,(H2,21,23)(H,22,24);1H. The van der Waals surface area contributed by atoms with Crippen molar-refractivity contribution in [2.75, 3.05) is 25.3 Å². The number of methoxy groups -OCH3 is 2. The lowest BCUT2D eigenvalue weighted by Gasteiger charge is -2.15. The number of nitrogen functional groups attached to an aromatic ring is 1. The molecule has 1 aromatic heterocycles. The highest BCUT2D eigenvalue weighted by molar-refractivity contribution is 14.0. The van der Waals surface area contributed by atoms with E-state index in [2.05, 4.69) is 16.4 Å². The first-order valence-corrected chi connectivity index (χ1v) is 9.24. The molecule has 0 unspecified atom stereocenters. The molecule has 1 heterocycles. The van der Waals surface area contributed by atoms with Crippen molar-refractivity contribution in [2.45, 2.75) is 13.3 Å². The monoisotopic (exact) mass is 509 g/mol. The summed E-state index contributed by atoms with van der Waals surface area (Å²) in [5.74, 6) is 1.16. The van der Waals surface area contributed by atoms with E-state index in [9.17, 15) is 4.79 Å². The number of nitrogens with two attached hydrogens (primary N) is 1. The maximum atomic E-state index is 11.8. The molecule has 1 aliphatic rings. The van der Waals surface area contributed by atoms with E-state index in [1.54, 1.807) is 14.2 Å². The smallest absolute Gasteiger partial charge is 0.221 e. The van der Waals surface area contributed by atoms with Crippen LogP contribution in [0, 0.1) is 0 Å². The number of nitrogens with one attached hydrogen (secondary N) is 1. The third-order valence-corrected chi connectivity index (χ3v) is 5.45. The summed E-state index contributed by atoms with van der Waals surface area (Å²) < 4.78 is 10.8. The van der Waals surface area contributed by atoms with Crippen LogP contribution in [0.4, 0.5) is 10.8 Å². The van der Waals surface area contributed by atoms with Crippen molar-refractivity contribution in [1.29, 1.82) is 0 Å². The molecule has 8 heteroatoms. The van der Waals surface area contributed by atoms with E-state index < -0.39 is 0 Å². The van der Waals surface area contributed by atoms with Crippen LogP contribution in [-0.4, -0.2) is 25.1 Å². The summed E-state index contributed by atoms with van der Waals surface area (Å²) in [4.78, 5) is 17.4. The van der Waals surface area contributed by atoms with Crippen molar-refractivity contribution in [2.24, 2.45) is 0 Å². The van der Waals surface area contributed by atoms with Crippen LogP contribution in [0.5, 0.6) is 11.5 Å². The largest absolute Gasteiger partial charge is 0.493 e. The second-order valence-corrected chi connectivity index (χ2v) is 7.42. The van der Waals surface area contributed by atoms with Crippen molar-refractivity contribution in [3.8, 4) is 33.9 Å². The molecule has 0 bridgehead atoms. The van der Waals surface area contributed by atoms with Crippen LogP contribution in [0.1, 0.15) is 17.4 Å². The topological polar surface area (TPSA) is 86.5 Å². The maximum absolute atomic E-state index is 11.8. The Morgan fingerprint density at radius 1 is 1.14 bits per heavy atom. The lowest BCUT2D eigenvalue weighted by atomic mass is 9.97. The van der Waals surface area contributed by atoms with Crippen LogP contribution in [0.3, 0.4) is 0 Å². The van der Waals surface area contributed by atoms with Gasteiger partial charge in [0.1, 0.15) is 0 Å². The summed E-state index contributed by atoms with van der Waals surface area (Å²) in [7, 11) is 3.20. The molecule has 4 rings (SSSR count). The fourth-order valence-corrected chi connectivity index (χ4v) is 4.29. The summed E-state index contributed by atoms with van der Waals surface area (Å²) in [5, 5.41) is 3.52. The molecule has 28 heavy (non-hydrogen) atoms. The molecule has 0 saturated heterocycles. The van der Waals surface area contributed by atoms with E-state index in [4.69, 9.17) is 15.2 Å². The minimum Gasteiger partial charge on any atom is -0.493 e. The van der Waals surface area contributed by atoms with Gasteiger partial charge in [-0.1, -0.05) is 6.07 Å². The zero-order chi connectivity index (χ0) is 19.1. The molecule has 0 radical (unpaired) electrons. The van der Waals surface area contributed by atoms with Gasteiger partial charge in [-0.15, -0.1) is 35.3 Å². The molecule has 0 spiro atoms. The third-order valence-electron chi connectivity index (χ3n) is 4.57. The molecule has 0 fully saturated rings. The van der Waals surface area contributed by atoms with Gasteiger partial charge in [0.05, 0.1) is 19.9 Å². The summed E-state index contributed by atoms with van der Waals surface area (Å²) in [6.07, 6.45) is 0.776. The number of halogens is 1. The van der Waals surface area contributed by atoms with Crippen LogP contribution in [0.2, 0.25) is 0 Å². The molecule has 1 aliphatic carbocycles. The van der Waals surface area contributed by atoms with Gasteiger partial charge in [-0.05, 0) is 35.4 Å². The highest BCUT2D eigenvalue weighted by Crippen LogP contribution is 2.45. The Labute approximate surface area is 184 Å². The van der Waals surface area contributed by atoms with Gasteiger partial charge < -0.3 is 20.5 Å². The Morgan fingerprint density at radius 2 is 1.89 bits per heavy atom. The van der Waals surface area contributed by atoms with Gasteiger partial charge in [0.25, 0.3) is 0 Å². The van der Waals surface area contributed by atoms with E-state index in [0.717, 1.165) is 44.9 Å². The molecule has 146 valence electrons. The Bertz CT molecular complexity index is 1070. The first kappa shape index (κ1) is 20.4. The lowest BCUT2D eigenvalue weighted by Crippen LogP contribution is -2.07. The number of amides is 1. The number of carbonyl (C=O) groups excluding carboxylic acids is 1. The number of carbonyl (C=O) groups is 1. The second-order valence-electron chi connectivity index (χ2n) is 6.31. The highest BCUT2D eigenvalue weighted by Gasteiger charge is 2.25. The summed E-state index contributed by atoms with van der Waals surface area (Å²) >= 11 is 1.51. The van der Waals surface area contributed by atoms with E-state index in [1.807, 2.05) is 24.3 Å². The molecule has 1 amide bonds. The van der Waals surface area contributed by atoms with Crippen molar-refractivity contribution < 1.29 is 14.3 Å². The summed E-state index contributed by atoms with van der Waals surface area (Å²) in [5.41, 5.74) is 11.6. The zero-order valence-corrected chi connectivity index (χ0v) is 18.8. The Morgan fingerprint density at radius 3 is 2.57 bits per heavy atom. The van der Waals surface area contributed by atoms with Crippen LogP contribution in [-0.2, 0) is 11.2 Å². The van der Waals surface area contributed by atoms with E-state index in [1.165, 1.54) is 18.3 Å². The van der Waals surface area contributed by atoms with Gasteiger partial charge in [-0.2, -0.15) is 0 Å². The number of benzene rings is 2. The van der Waals surface area contributed by atoms with E-state index >= 15 is 0 Å². The first-order valence-electron chi connectivity index (χ1n) is 8.42. The molecule has 0 saturated carbocycles. The lowest BCUT2D eigenvalue weighted by molar-refractivity contribution is -0.114. The molecule has 3 N–H and O–H groups in total. The van der Waals surface area contributed by atoms with Crippen LogP contribution < -0.4 is 20.5 Å². The van der Waals surface area contributed by atoms with Crippen molar-refractivity contribution in [3.05, 3.63) is 40.8 Å². The van der Waals surface area contributed by atoms with Crippen molar-refractivity contribution >= 4 is 52.0 Å². The number of anilines is 2. The Balaban J connectivity index is 0.00000225. The Kier molecular flexibility index (Phi) is 5.80. The van der Waals surface area contributed by atoms with Gasteiger partial charge >= 0.3 is 0 Å². The first-order chi connectivity index (χ1) is 13.0. The maximum Gasteiger partial charge on any atom is 0.221 e. The molecule has 6 nitrogen and oxygen atoms in total. The molecular weight excluding hydrogens is 489 g/mol. The zero-order valence-electron chi connectivity index (χ0n) is 15.7. The van der Waals surface area contributed by atoms with Crippen LogP contribution in [0.15, 0.2) is 30.3 Å². The Hall–Kier alpha value is -2.33. The quantitative estimate of drug-likeness (QED) is 0.394. The number of aromatic nitrogens is 1.